The van der Waals surface area contributed by atoms with Gasteiger partial charge in [0.2, 0.25) is 5.91 Å². The average Bonchev–Trinajstić information content (AvgIpc) is 2.29. The van der Waals surface area contributed by atoms with Crippen molar-refractivity contribution in [2.75, 3.05) is 12.3 Å². The molecular formula is C12H25ClN2OS. The van der Waals surface area contributed by atoms with Crippen LogP contribution < -0.4 is 11.1 Å². The number of rotatable bonds is 5. The summed E-state index contributed by atoms with van der Waals surface area (Å²) in [5.74, 6) is 1.23. The molecule has 0 radical (unpaired) electrons. The van der Waals surface area contributed by atoms with Crippen molar-refractivity contribution in [2.24, 2.45) is 11.7 Å². The van der Waals surface area contributed by atoms with Crippen LogP contribution in [0.2, 0.25) is 0 Å². The number of hydrogen-bond donors (Lipinski definition) is 2. The van der Waals surface area contributed by atoms with Crippen molar-refractivity contribution >= 4 is 30.1 Å². The van der Waals surface area contributed by atoms with E-state index >= 15 is 0 Å². The third-order valence-corrected chi connectivity index (χ3v) is 4.41. The Kier molecular flexibility index (Phi) is 9.10. The number of carbonyl (C=O) groups excluding carboxylic acids is 1. The highest BCUT2D eigenvalue weighted by molar-refractivity contribution is 7.99. The summed E-state index contributed by atoms with van der Waals surface area (Å²) in [6.07, 6.45) is 4.79. The standard InChI is InChI=1S/C12H24N2OS.ClH/c1-3-16-11-6-4-5-10(7-11)14-12(15)9(2)8-13;/h9-11H,3-8,13H2,1-2H3,(H,14,15);1H. The highest BCUT2D eigenvalue weighted by Gasteiger charge is 2.24. The number of thioether (sulfide) groups is 1. The quantitative estimate of drug-likeness (QED) is 0.812. The zero-order valence-corrected chi connectivity index (χ0v) is 12.4. The van der Waals surface area contributed by atoms with Crippen molar-refractivity contribution in [2.45, 2.75) is 50.8 Å². The van der Waals surface area contributed by atoms with Crippen LogP contribution in [-0.2, 0) is 4.79 Å². The van der Waals surface area contributed by atoms with Crippen LogP contribution in [0.5, 0.6) is 0 Å². The van der Waals surface area contributed by atoms with Crippen LogP contribution in [0.15, 0.2) is 0 Å². The number of amides is 1. The lowest BCUT2D eigenvalue weighted by Gasteiger charge is -2.29. The minimum atomic E-state index is -0.0563. The van der Waals surface area contributed by atoms with Crippen molar-refractivity contribution in [3.8, 4) is 0 Å². The molecule has 0 aromatic heterocycles. The lowest BCUT2D eigenvalue weighted by molar-refractivity contribution is -0.125. The third kappa shape index (κ3) is 5.98. The number of nitrogens with one attached hydrogen (secondary N) is 1. The molecule has 3 atom stereocenters. The maximum absolute atomic E-state index is 11.7. The van der Waals surface area contributed by atoms with Gasteiger partial charge in [-0.2, -0.15) is 11.8 Å². The van der Waals surface area contributed by atoms with Crippen LogP contribution in [0.25, 0.3) is 0 Å². The first-order valence-corrected chi connectivity index (χ1v) is 7.34. The summed E-state index contributed by atoms with van der Waals surface area (Å²) >= 11 is 2.02. The van der Waals surface area contributed by atoms with E-state index in [1.54, 1.807) is 0 Å². The maximum Gasteiger partial charge on any atom is 0.224 e. The fraction of sp³-hybridized carbons (Fsp3) is 0.917. The Balaban J connectivity index is 0.00000256. The summed E-state index contributed by atoms with van der Waals surface area (Å²) < 4.78 is 0. The molecule has 0 aliphatic heterocycles. The molecule has 1 saturated carbocycles. The van der Waals surface area contributed by atoms with Crippen molar-refractivity contribution in [3.05, 3.63) is 0 Å². The molecule has 1 aliphatic carbocycles. The molecule has 0 bridgehead atoms. The monoisotopic (exact) mass is 280 g/mol. The Bertz CT molecular complexity index is 227. The number of nitrogens with two attached hydrogens (primary N) is 1. The molecule has 0 aromatic rings. The van der Waals surface area contributed by atoms with Crippen LogP contribution in [0.4, 0.5) is 0 Å². The Hall–Kier alpha value is 0.0700. The number of halogens is 1. The third-order valence-electron chi connectivity index (χ3n) is 3.18. The molecule has 1 rings (SSSR count). The van der Waals surface area contributed by atoms with E-state index in [-0.39, 0.29) is 24.2 Å². The van der Waals surface area contributed by atoms with Gasteiger partial charge in [0.25, 0.3) is 0 Å². The van der Waals surface area contributed by atoms with E-state index in [0.717, 1.165) is 18.1 Å². The Labute approximate surface area is 115 Å². The van der Waals surface area contributed by atoms with Crippen LogP contribution in [0.1, 0.15) is 39.5 Å². The van der Waals surface area contributed by atoms with E-state index < -0.39 is 0 Å². The molecule has 1 amide bonds. The van der Waals surface area contributed by atoms with Gasteiger partial charge in [0.1, 0.15) is 0 Å². The van der Waals surface area contributed by atoms with Crippen molar-refractivity contribution in [3.63, 3.8) is 0 Å². The zero-order chi connectivity index (χ0) is 12.0. The molecule has 3 unspecified atom stereocenters. The molecule has 1 fully saturated rings. The molecule has 5 heteroatoms. The minimum Gasteiger partial charge on any atom is -0.353 e. The van der Waals surface area contributed by atoms with Gasteiger partial charge >= 0.3 is 0 Å². The smallest absolute Gasteiger partial charge is 0.224 e. The topological polar surface area (TPSA) is 55.1 Å². The predicted molar refractivity (Wildman–Crippen MR) is 77.8 cm³/mol. The molecular weight excluding hydrogens is 256 g/mol. The maximum atomic E-state index is 11.7. The van der Waals surface area contributed by atoms with Crippen LogP contribution in [0.3, 0.4) is 0 Å². The second-order valence-corrected chi connectivity index (χ2v) is 6.16. The minimum absolute atomic E-state index is 0. The van der Waals surface area contributed by atoms with E-state index in [1.807, 2.05) is 18.7 Å². The Morgan fingerprint density at radius 1 is 1.53 bits per heavy atom. The van der Waals surface area contributed by atoms with E-state index in [2.05, 4.69) is 12.2 Å². The van der Waals surface area contributed by atoms with Crippen LogP contribution in [0, 0.1) is 5.92 Å². The fourth-order valence-corrected chi connectivity index (χ4v) is 3.29. The second-order valence-electron chi connectivity index (χ2n) is 4.59. The first-order valence-electron chi connectivity index (χ1n) is 6.29. The first kappa shape index (κ1) is 17.1. The van der Waals surface area contributed by atoms with Gasteiger partial charge in [0.05, 0.1) is 0 Å². The second kappa shape index (κ2) is 9.06. The van der Waals surface area contributed by atoms with Crippen LogP contribution >= 0.6 is 24.2 Å². The number of hydrogen-bond acceptors (Lipinski definition) is 3. The molecule has 0 spiro atoms. The van der Waals surface area contributed by atoms with Gasteiger partial charge in [-0.3, -0.25) is 4.79 Å². The molecule has 1 aliphatic rings. The highest BCUT2D eigenvalue weighted by atomic mass is 35.5. The van der Waals surface area contributed by atoms with E-state index in [4.69, 9.17) is 5.73 Å². The van der Waals surface area contributed by atoms with Crippen molar-refractivity contribution < 1.29 is 4.79 Å². The lowest BCUT2D eigenvalue weighted by atomic mass is 9.94. The molecule has 3 nitrogen and oxygen atoms in total. The van der Waals surface area contributed by atoms with Gasteiger partial charge < -0.3 is 11.1 Å². The summed E-state index contributed by atoms with van der Waals surface area (Å²) in [7, 11) is 0. The summed E-state index contributed by atoms with van der Waals surface area (Å²) in [5, 5.41) is 3.86. The average molecular weight is 281 g/mol. The molecule has 0 aromatic carbocycles. The van der Waals surface area contributed by atoms with Gasteiger partial charge in [-0.15, -0.1) is 12.4 Å². The van der Waals surface area contributed by atoms with Crippen molar-refractivity contribution in [1.29, 1.82) is 0 Å². The van der Waals surface area contributed by atoms with E-state index in [0.29, 0.717) is 12.6 Å². The normalized spacial score (nSPS) is 25.8. The van der Waals surface area contributed by atoms with Crippen LogP contribution in [-0.4, -0.2) is 29.5 Å². The van der Waals surface area contributed by atoms with Gasteiger partial charge in [-0.25, -0.2) is 0 Å². The fourth-order valence-electron chi connectivity index (χ4n) is 2.11. The Morgan fingerprint density at radius 3 is 2.82 bits per heavy atom. The van der Waals surface area contributed by atoms with E-state index in [9.17, 15) is 4.79 Å². The molecule has 3 N–H and O–H groups in total. The predicted octanol–water partition coefficient (Wildman–Crippen LogP) is 2.18. The van der Waals surface area contributed by atoms with Gasteiger partial charge in [0.15, 0.2) is 0 Å². The van der Waals surface area contributed by atoms with Gasteiger partial charge in [-0.1, -0.05) is 20.3 Å². The SMILES string of the molecule is CCSC1CCCC(NC(=O)C(C)CN)C1.Cl. The van der Waals surface area contributed by atoms with E-state index in [1.165, 1.54) is 18.6 Å². The first-order chi connectivity index (χ1) is 7.67. The number of carbonyl (C=O) groups is 1. The summed E-state index contributed by atoms with van der Waals surface area (Å²) in [6.45, 7) is 4.52. The molecule has 17 heavy (non-hydrogen) atoms. The van der Waals surface area contributed by atoms with Crippen molar-refractivity contribution in [1.82, 2.24) is 5.32 Å². The summed E-state index contributed by atoms with van der Waals surface area (Å²) in [6, 6.07) is 0.374. The largest absolute Gasteiger partial charge is 0.353 e. The molecule has 102 valence electrons. The zero-order valence-electron chi connectivity index (χ0n) is 10.8. The van der Waals surface area contributed by atoms with Gasteiger partial charge in [0, 0.05) is 23.8 Å². The summed E-state index contributed by atoms with van der Waals surface area (Å²) in [4.78, 5) is 11.7. The molecule has 0 saturated heterocycles. The molecule has 0 heterocycles. The lowest BCUT2D eigenvalue weighted by Crippen LogP contribution is -2.43. The van der Waals surface area contributed by atoms with Gasteiger partial charge in [-0.05, 0) is 25.0 Å². The Morgan fingerprint density at radius 2 is 2.24 bits per heavy atom. The summed E-state index contributed by atoms with van der Waals surface area (Å²) in [5.41, 5.74) is 5.49. The highest BCUT2D eigenvalue weighted by Crippen LogP contribution is 2.28.